The third-order valence-electron chi connectivity index (χ3n) is 2.07. The molecule has 6 heteroatoms. The van der Waals surface area contributed by atoms with Gasteiger partial charge in [-0.2, -0.15) is 8.78 Å². The predicted octanol–water partition coefficient (Wildman–Crippen LogP) is 0.298. The standard InChI is InChI=1S/C9H15F2NO3/c1-7(2,3)15-6(13)9(10,11)8(14)4-12-5-8/h12,14H,4-5H2,1-3H3. The molecule has 1 heterocycles. The number of aliphatic hydroxyl groups is 1. The van der Waals surface area contributed by atoms with Crippen LogP contribution in [0.2, 0.25) is 0 Å². The highest BCUT2D eigenvalue weighted by molar-refractivity contribution is 5.80. The number of ether oxygens (including phenoxy) is 1. The number of alkyl halides is 2. The minimum absolute atomic E-state index is 0.306. The van der Waals surface area contributed by atoms with Gasteiger partial charge in [0, 0.05) is 13.1 Å². The van der Waals surface area contributed by atoms with Crippen molar-refractivity contribution in [2.45, 2.75) is 37.9 Å². The summed E-state index contributed by atoms with van der Waals surface area (Å²) in [4.78, 5) is 11.2. The summed E-state index contributed by atoms with van der Waals surface area (Å²) in [6.07, 6.45) is 0. The first-order chi connectivity index (χ1) is 6.58. The minimum Gasteiger partial charge on any atom is -0.455 e. The van der Waals surface area contributed by atoms with Crippen molar-refractivity contribution in [2.75, 3.05) is 13.1 Å². The summed E-state index contributed by atoms with van der Waals surface area (Å²) < 4.78 is 31.4. The molecular formula is C9H15F2NO3. The van der Waals surface area contributed by atoms with Crippen LogP contribution in [0.3, 0.4) is 0 Å². The molecule has 0 bridgehead atoms. The first-order valence-electron chi connectivity index (χ1n) is 4.63. The van der Waals surface area contributed by atoms with Crippen LogP contribution in [0.1, 0.15) is 20.8 Å². The Labute approximate surface area is 86.6 Å². The molecule has 0 radical (unpaired) electrons. The van der Waals surface area contributed by atoms with E-state index in [1.807, 2.05) is 0 Å². The second-order valence-corrected chi connectivity index (χ2v) is 4.71. The number of carbonyl (C=O) groups excluding carboxylic acids is 1. The van der Waals surface area contributed by atoms with Crippen LogP contribution in [0.15, 0.2) is 0 Å². The topological polar surface area (TPSA) is 58.6 Å². The molecule has 0 saturated carbocycles. The molecule has 1 fully saturated rings. The molecule has 0 unspecified atom stereocenters. The van der Waals surface area contributed by atoms with E-state index in [0.717, 1.165) is 0 Å². The molecule has 88 valence electrons. The van der Waals surface area contributed by atoms with E-state index < -0.39 is 23.1 Å². The molecule has 0 spiro atoms. The van der Waals surface area contributed by atoms with Gasteiger partial charge in [0.25, 0.3) is 0 Å². The first-order valence-corrected chi connectivity index (χ1v) is 4.63. The van der Waals surface area contributed by atoms with E-state index in [4.69, 9.17) is 0 Å². The van der Waals surface area contributed by atoms with E-state index in [1.165, 1.54) is 20.8 Å². The highest BCUT2D eigenvalue weighted by atomic mass is 19.3. The Morgan fingerprint density at radius 2 is 1.87 bits per heavy atom. The van der Waals surface area contributed by atoms with Gasteiger partial charge in [0.1, 0.15) is 5.60 Å². The Morgan fingerprint density at radius 1 is 1.40 bits per heavy atom. The lowest BCUT2D eigenvalue weighted by atomic mass is 9.89. The first kappa shape index (κ1) is 12.3. The molecule has 1 aliphatic rings. The summed E-state index contributed by atoms with van der Waals surface area (Å²) in [6.45, 7) is 3.86. The Kier molecular flexibility index (Phi) is 2.78. The third kappa shape index (κ3) is 2.26. The summed E-state index contributed by atoms with van der Waals surface area (Å²) in [5.74, 6) is -5.55. The van der Waals surface area contributed by atoms with Crippen LogP contribution in [0.25, 0.3) is 0 Å². The molecule has 2 N–H and O–H groups in total. The number of halogens is 2. The van der Waals surface area contributed by atoms with E-state index >= 15 is 0 Å². The van der Waals surface area contributed by atoms with E-state index in [1.54, 1.807) is 0 Å². The number of esters is 1. The number of nitrogens with one attached hydrogen (secondary N) is 1. The van der Waals surface area contributed by atoms with Crippen molar-refractivity contribution in [1.29, 1.82) is 0 Å². The summed E-state index contributed by atoms with van der Waals surface area (Å²) in [5.41, 5.74) is -3.30. The molecule has 0 atom stereocenters. The Hall–Kier alpha value is -0.750. The van der Waals surface area contributed by atoms with Gasteiger partial charge < -0.3 is 15.2 Å². The fourth-order valence-electron chi connectivity index (χ4n) is 1.12. The van der Waals surface area contributed by atoms with Crippen molar-refractivity contribution in [2.24, 2.45) is 0 Å². The maximum absolute atomic E-state index is 13.4. The van der Waals surface area contributed by atoms with Crippen LogP contribution in [0, 0.1) is 0 Å². The Balaban J connectivity index is 2.73. The minimum atomic E-state index is -3.87. The van der Waals surface area contributed by atoms with E-state index in [0.29, 0.717) is 0 Å². The van der Waals surface area contributed by atoms with Gasteiger partial charge >= 0.3 is 11.9 Å². The zero-order chi connectivity index (χ0) is 11.9. The van der Waals surface area contributed by atoms with Gasteiger partial charge in [-0.25, -0.2) is 4.79 Å². The highest BCUT2D eigenvalue weighted by Gasteiger charge is 2.63. The second-order valence-electron chi connectivity index (χ2n) is 4.71. The van der Waals surface area contributed by atoms with Gasteiger partial charge in [-0.15, -0.1) is 0 Å². The van der Waals surface area contributed by atoms with Crippen molar-refractivity contribution in [3.05, 3.63) is 0 Å². The van der Waals surface area contributed by atoms with Gasteiger partial charge in [0.15, 0.2) is 5.60 Å². The average molecular weight is 223 g/mol. The summed E-state index contributed by atoms with van der Waals surface area (Å²) in [5, 5.41) is 11.9. The van der Waals surface area contributed by atoms with Gasteiger partial charge in [0.2, 0.25) is 0 Å². The van der Waals surface area contributed by atoms with Gasteiger partial charge in [-0.05, 0) is 20.8 Å². The largest absolute Gasteiger partial charge is 0.455 e. The molecule has 1 rings (SSSR count). The summed E-state index contributed by atoms with van der Waals surface area (Å²) >= 11 is 0. The number of rotatable bonds is 2. The molecule has 0 amide bonds. The monoisotopic (exact) mass is 223 g/mol. The van der Waals surface area contributed by atoms with Crippen LogP contribution in [0.4, 0.5) is 8.78 Å². The molecule has 15 heavy (non-hydrogen) atoms. The van der Waals surface area contributed by atoms with Crippen molar-refractivity contribution < 1.29 is 23.4 Å². The molecule has 0 aromatic carbocycles. The van der Waals surface area contributed by atoms with E-state index in [2.05, 4.69) is 10.1 Å². The van der Waals surface area contributed by atoms with Crippen LogP contribution in [0.5, 0.6) is 0 Å². The number of hydrogen-bond acceptors (Lipinski definition) is 4. The normalized spacial score (nSPS) is 20.7. The maximum Gasteiger partial charge on any atom is 0.380 e. The number of hydrogen-bond donors (Lipinski definition) is 2. The van der Waals surface area contributed by atoms with Crippen LogP contribution >= 0.6 is 0 Å². The SMILES string of the molecule is CC(C)(C)OC(=O)C(F)(F)C1(O)CNC1. The van der Waals surface area contributed by atoms with Crippen molar-refractivity contribution in [3.8, 4) is 0 Å². The average Bonchev–Trinajstić information content (AvgIpc) is 1.96. The fourth-order valence-corrected chi connectivity index (χ4v) is 1.12. The van der Waals surface area contributed by atoms with Crippen LogP contribution in [-0.4, -0.2) is 41.3 Å². The number of carbonyl (C=O) groups is 1. The lowest BCUT2D eigenvalue weighted by Gasteiger charge is -2.42. The molecule has 0 aliphatic carbocycles. The molecule has 0 aromatic heterocycles. The third-order valence-corrected chi connectivity index (χ3v) is 2.07. The van der Waals surface area contributed by atoms with Crippen molar-refractivity contribution in [1.82, 2.24) is 5.32 Å². The summed E-state index contributed by atoms with van der Waals surface area (Å²) in [6, 6.07) is 0. The fraction of sp³-hybridized carbons (Fsp3) is 0.889. The zero-order valence-corrected chi connectivity index (χ0v) is 8.93. The molecule has 0 aromatic rings. The quantitative estimate of drug-likeness (QED) is 0.661. The second kappa shape index (κ2) is 3.38. The smallest absolute Gasteiger partial charge is 0.380 e. The van der Waals surface area contributed by atoms with Gasteiger partial charge in [0.05, 0.1) is 0 Å². The molecular weight excluding hydrogens is 208 g/mol. The Morgan fingerprint density at radius 3 is 2.13 bits per heavy atom. The van der Waals surface area contributed by atoms with Crippen LogP contribution < -0.4 is 5.32 Å². The lowest BCUT2D eigenvalue weighted by molar-refractivity contribution is -0.231. The van der Waals surface area contributed by atoms with E-state index in [-0.39, 0.29) is 13.1 Å². The van der Waals surface area contributed by atoms with Crippen molar-refractivity contribution in [3.63, 3.8) is 0 Å². The van der Waals surface area contributed by atoms with Crippen LogP contribution in [-0.2, 0) is 9.53 Å². The number of β-amino-alcohol motifs (C(OH)–C–C–N with tert-alkyl or cyclic N) is 1. The zero-order valence-electron chi connectivity index (χ0n) is 8.93. The van der Waals surface area contributed by atoms with Gasteiger partial charge in [-0.1, -0.05) is 0 Å². The Bertz CT molecular complexity index is 269. The van der Waals surface area contributed by atoms with E-state index in [9.17, 15) is 18.7 Å². The molecule has 1 aliphatic heterocycles. The maximum atomic E-state index is 13.4. The van der Waals surface area contributed by atoms with Gasteiger partial charge in [-0.3, -0.25) is 0 Å². The molecule has 1 saturated heterocycles. The van der Waals surface area contributed by atoms with Crippen molar-refractivity contribution >= 4 is 5.97 Å². The molecule has 4 nitrogen and oxygen atoms in total. The predicted molar refractivity (Wildman–Crippen MR) is 48.6 cm³/mol. The highest BCUT2D eigenvalue weighted by Crippen LogP contribution is 2.34. The summed E-state index contributed by atoms with van der Waals surface area (Å²) in [7, 11) is 0. The lowest BCUT2D eigenvalue weighted by Crippen LogP contribution is -2.71.